The lowest BCUT2D eigenvalue weighted by molar-refractivity contribution is -0.132. The molecule has 12 heteroatoms. The monoisotopic (exact) mass is 636 g/mol. The number of nitrogens with zero attached hydrogens (tertiary/aromatic N) is 3. The molecule has 0 aliphatic carbocycles. The number of methoxy groups -OCH3 is 1. The molecule has 0 aromatic heterocycles. The van der Waals surface area contributed by atoms with E-state index in [1.165, 1.54) is 18.9 Å². The van der Waals surface area contributed by atoms with Crippen molar-refractivity contribution in [3.8, 4) is 34.8 Å². The first-order valence-electron chi connectivity index (χ1n) is 15.6. The lowest BCUT2D eigenvalue weighted by Gasteiger charge is -2.57. The second-order valence-electron chi connectivity index (χ2n) is 12.7. The molecule has 3 aromatic carbocycles. The molecule has 5 heterocycles. The van der Waals surface area contributed by atoms with Crippen LogP contribution in [0.5, 0.6) is 28.7 Å². The van der Waals surface area contributed by atoms with Crippen LogP contribution in [0.15, 0.2) is 30.3 Å². The molecule has 5 aliphatic heterocycles. The van der Waals surface area contributed by atoms with Crippen LogP contribution < -0.4 is 24.3 Å². The lowest BCUT2D eigenvalue weighted by atomic mass is 9.72. The minimum atomic E-state index is -0.746. The van der Waals surface area contributed by atoms with Crippen LogP contribution >= 0.6 is 0 Å². The Labute approximate surface area is 270 Å². The average Bonchev–Trinajstić information content (AvgIpc) is 3.63. The Morgan fingerprint density at radius 3 is 2.45 bits per heavy atom. The molecule has 2 amide bonds. The number of esters is 1. The van der Waals surface area contributed by atoms with E-state index in [1.54, 1.807) is 31.2 Å². The van der Waals surface area contributed by atoms with Crippen LogP contribution in [-0.2, 0) is 17.6 Å². The molecular formula is C35H32N4O8. The number of ether oxygens (including phenoxy) is 4. The third kappa shape index (κ3) is 4.03. The summed E-state index contributed by atoms with van der Waals surface area (Å²) in [6.07, 6.45) is 0.758. The molecule has 5 atom stereocenters. The van der Waals surface area contributed by atoms with Gasteiger partial charge in [-0.3, -0.25) is 24.2 Å². The quantitative estimate of drug-likeness (QED) is 0.246. The highest BCUT2D eigenvalue weighted by Crippen LogP contribution is 2.57. The minimum absolute atomic E-state index is 0.0265. The van der Waals surface area contributed by atoms with Crippen molar-refractivity contribution in [1.29, 1.82) is 5.26 Å². The number of phenolic OH excluding ortho intramolecular Hbond substituents is 1. The molecule has 240 valence electrons. The van der Waals surface area contributed by atoms with Crippen molar-refractivity contribution in [2.24, 2.45) is 0 Å². The average molecular weight is 637 g/mol. The number of imide groups is 1. The molecule has 1 saturated heterocycles. The predicted molar refractivity (Wildman–Crippen MR) is 165 cm³/mol. The Morgan fingerprint density at radius 2 is 1.79 bits per heavy atom. The van der Waals surface area contributed by atoms with Gasteiger partial charge >= 0.3 is 5.97 Å². The van der Waals surface area contributed by atoms with E-state index in [0.29, 0.717) is 69.2 Å². The largest absolute Gasteiger partial charge is 0.504 e. The Hall–Kier alpha value is -5.12. The van der Waals surface area contributed by atoms with Crippen LogP contribution in [0.25, 0.3) is 0 Å². The zero-order valence-corrected chi connectivity index (χ0v) is 26.2. The fourth-order valence-electron chi connectivity index (χ4n) is 8.45. The van der Waals surface area contributed by atoms with Crippen LogP contribution in [-0.4, -0.2) is 71.3 Å². The first-order valence-corrected chi connectivity index (χ1v) is 15.6. The van der Waals surface area contributed by atoms with Crippen molar-refractivity contribution in [1.82, 2.24) is 15.1 Å². The summed E-state index contributed by atoms with van der Waals surface area (Å²) in [4.78, 5) is 43.3. The van der Waals surface area contributed by atoms with Crippen LogP contribution in [0.1, 0.15) is 73.1 Å². The molecule has 2 N–H and O–H groups in total. The zero-order valence-electron chi connectivity index (χ0n) is 26.2. The van der Waals surface area contributed by atoms with Gasteiger partial charge in [-0.05, 0) is 49.9 Å². The fourth-order valence-corrected chi connectivity index (χ4v) is 8.45. The Bertz CT molecular complexity index is 1930. The fraction of sp³-hybridized carbons (Fsp3) is 0.371. The Kier molecular flexibility index (Phi) is 6.51. The number of piperazine rings is 1. The molecule has 0 radical (unpaired) electrons. The van der Waals surface area contributed by atoms with Crippen LogP contribution in [0, 0.1) is 25.2 Å². The molecule has 8 rings (SSSR count). The molecule has 1 fully saturated rings. The van der Waals surface area contributed by atoms with E-state index >= 15 is 0 Å². The number of amides is 2. The molecule has 47 heavy (non-hydrogen) atoms. The number of phenols is 1. The molecule has 12 nitrogen and oxygen atoms in total. The van der Waals surface area contributed by atoms with Crippen LogP contribution in [0.2, 0.25) is 0 Å². The van der Waals surface area contributed by atoms with E-state index < -0.39 is 42.0 Å². The van der Waals surface area contributed by atoms with Gasteiger partial charge < -0.3 is 29.4 Å². The number of fused-ring (bicyclic) bond motifs is 10. The maximum absolute atomic E-state index is 13.7. The molecular weight excluding hydrogens is 604 g/mol. The summed E-state index contributed by atoms with van der Waals surface area (Å²) in [5, 5.41) is 26.0. The standard InChI is InChI=1S/C35H32N4O8/c1-15-9-18-10-22-24(12-36)39-23(28(37-22)26(18)29(41)30(15)44-4)11-21-27(33-32(45-14-46-33)16(2)31(21)47-17(3)40)25(39)13-38-34(42)19-7-5-6-8-20(19)35(38)43/h5-9,22-25,28,37,41H,10-11,13-14H2,1-4H3/t22-,23-,24-,25-,28+/m0/s1. The minimum Gasteiger partial charge on any atom is -0.504 e. The number of hydrogen-bond donors (Lipinski definition) is 2. The number of aromatic hydroxyl groups is 1. The van der Waals surface area contributed by atoms with Gasteiger partial charge in [-0.1, -0.05) is 18.2 Å². The molecule has 5 aliphatic rings. The first kappa shape index (κ1) is 29.3. The summed E-state index contributed by atoms with van der Waals surface area (Å²) in [6.45, 7) is 4.83. The second kappa shape index (κ2) is 10.4. The van der Waals surface area contributed by atoms with E-state index in [4.69, 9.17) is 18.9 Å². The zero-order chi connectivity index (χ0) is 32.9. The van der Waals surface area contributed by atoms with Crippen molar-refractivity contribution in [2.45, 2.75) is 63.8 Å². The van der Waals surface area contributed by atoms with Gasteiger partial charge in [-0.25, -0.2) is 0 Å². The Morgan fingerprint density at radius 1 is 1.09 bits per heavy atom. The van der Waals surface area contributed by atoms with Crippen molar-refractivity contribution >= 4 is 17.8 Å². The highest BCUT2D eigenvalue weighted by molar-refractivity contribution is 6.21. The normalized spacial score (nSPS) is 25.0. The summed E-state index contributed by atoms with van der Waals surface area (Å²) in [7, 11) is 1.51. The molecule has 0 unspecified atom stereocenters. The molecule has 0 spiro atoms. The summed E-state index contributed by atoms with van der Waals surface area (Å²) >= 11 is 0. The number of nitriles is 1. The third-order valence-electron chi connectivity index (χ3n) is 10.2. The highest BCUT2D eigenvalue weighted by Gasteiger charge is 2.55. The first-order chi connectivity index (χ1) is 22.6. The maximum Gasteiger partial charge on any atom is 0.308 e. The number of carbonyl (C=O) groups excluding carboxylic acids is 3. The number of nitrogens with one attached hydrogen (secondary N) is 1. The van der Waals surface area contributed by atoms with Gasteiger partial charge in [0, 0.05) is 47.8 Å². The van der Waals surface area contributed by atoms with Crippen molar-refractivity contribution in [3.05, 3.63) is 74.8 Å². The number of aryl methyl sites for hydroxylation is 1. The lowest BCUT2D eigenvalue weighted by Crippen LogP contribution is -2.68. The summed E-state index contributed by atoms with van der Waals surface area (Å²) in [5.41, 5.74) is 4.85. The van der Waals surface area contributed by atoms with Gasteiger partial charge in [-0.2, -0.15) is 5.26 Å². The van der Waals surface area contributed by atoms with E-state index in [9.17, 15) is 24.8 Å². The smallest absolute Gasteiger partial charge is 0.308 e. The van der Waals surface area contributed by atoms with Crippen molar-refractivity contribution < 1.29 is 38.4 Å². The van der Waals surface area contributed by atoms with Crippen LogP contribution in [0.3, 0.4) is 0 Å². The van der Waals surface area contributed by atoms with Gasteiger partial charge in [0.05, 0.1) is 36.4 Å². The van der Waals surface area contributed by atoms with Crippen molar-refractivity contribution in [2.75, 3.05) is 20.4 Å². The van der Waals surface area contributed by atoms with E-state index in [0.717, 1.165) is 11.1 Å². The van der Waals surface area contributed by atoms with Crippen molar-refractivity contribution in [3.63, 3.8) is 0 Å². The van der Waals surface area contributed by atoms with Gasteiger partial charge in [0.25, 0.3) is 11.8 Å². The topological polar surface area (TPSA) is 151 Å². The molecule has 0 saturated carbocycles. The number of benzene rings is 3. The Balaban J connectivity index is 1.36. The second-order valence-corrected chi connectivity index (χ2v) is 12.7. The van der Waals surface area contributed by atoms with Gasteiger partial charge in [0.15, 0.2) is 23.0 Å². The molecule has 3 aromatic rings. The summed E-state index contributed by atoms with van der Waals surface area (Å²) < 4.78 is 23.4. The number of hydrogen-bond acceptors (Lipinski definition) is 11. The van der Waals surface area contributed by atoms with Crippen LogP contribution in [0.4, 0.5) is 0 Å². The summed E-state index contributed by atoms with van der Waals surface area (Å²) in [6, 6.07) is 8.49. The SMILES string of the molecule is COc1c(C)cc2c(c1O)[C@@H]1N[C@@H](C2)[C@H](C#N)N2[C@@H](CN3C(=O)c4ccccc4C3=O)c3c(c(OC(C)=O)c(C)c4c3OCO4)C[C@@H]12. The van der Waals surface area contributed by atoms with Gasteiger partial charge in [0.2, 0.25) is 6.79 Å². The van der Waals surface area contributed by atoms with E-state index in [-0.39, 0.29) is 25.1 Å². The maximum atomic E-state index is 13.7. The van der Waals surface area contributed by atoms with E-state index in [2.05, 4.69) is 16.3 Å². The van der Waals surface area contributed by atoms with Gasteiger partial charge in [0.1, 0.15) is 11.8 Å². The van der Waals surface area contributed by atoms with Gasteiger partial charge in [-0.15, -0.1) is 0 Å². The predicted octanol–water partition coefficient (Wildman–Crippen LogP) is 3.40. The summed E-state index contributed by atoms with van der Waals surface area (Å²) in [5.74, 6) is 0.194. The van der Waals surface area contributed by atoms with E-state index in [1.807, 2.05) is 13.0 Å². The number of carbonyl (C=O) groups is 3. The number of rotatable bonds is 4. The third-order valence-corrected chi connectivity index (χ3v) is 10.2. The molecule has 2 bridgehead atoms. The highest BCUT2D eigenvalue weighted by atomic mass is 16.7.